The molecule has 1 aliphatic heterocycles. The van der Waals surface area contributed by atoms with E-state index in [0.29, 0.717) is 38.8 Å². The van der Waals surface area contributed by atoms with Crippen molar-refractivity contribution >= 4 is 15.9 Å². The minimum Gasteiger partial charge on any atom is -0.341 e. The summed E-state index contributed by atoms with van der Waals surface area (Å²) in [4.78, 5) is 21.9. The predicted molar refractivity (Wildman–Crippen MR) is 96.7 cm³/mol. The van der Waals surface area contributed by atoms with Gasteiger partial charge in [-0.1, -0.05) is 6.07 Å². The summed E-state index contributed by atoms with van der Waals surface area (Å²) in [6, 6.07) is 6.24. The lowest BCUT2D eigenvalue weighted by atomic mass is 10.1. The zero-order chi connectivity index (χ0) is 19.3. The van der Waals surface area contributed by atoms with Gasteiger partial charge in [0.25, 0.3) is 0 Å². The van der Waals surface area contributed by atoms with Crippen LogP contribution in [0.1, 0.15) is 25.0 Å². The van der Waals surface area contributed by atoms with Crippen molar-refractivity contribution in [3.63, 3.8) is 0 Å². The SMILES string of the molecule is O=C(CCc1ccncn1)N1CCCC(NS(=O)(=O)c2cccc(F)c2)C1. The van der Waals surface area contributed by atoms with Crippen LogP contribution in [0.2, 0.25) is 0 Å². The fourth-order valence-electron chi connectivity index (χ4n) is 3.08. The number of amides is 1. The molecule has 1 unspecified atom stereocenters. The molecule has 0 aliphatic carbocycles. The van der Waals surface area contributed by atoms with E-state index in [1.165, 1.54) is 24.5 Å². The van der Waals surface area contributed by atoms with Crippen molar-refractivity contribution in [3.8, 4) is 0 Å². The Morgan fingerprint density at radius 3 is 2.93 bits per heavy atom. The van der Waals surface area contributed by atoms with E-state index in [0.717, 1.165) is 11.8 Å². The Kier molecular flexibility index (Phi) is 6.12. The van der Waals surface area contributed by atoms with Gasteiger partial charge in [0.2, 0.25) is 15.9 Å². The van der Waals surface area contributed by atoms with Gasteiger partial charge >= 0.3 is 0 Å². The van der Waals surface area contributed by atoms with Crippen molar-refractivity contribution in [2.24, 2.45) is 0 Å². The number of aryl methyl sites for hydroxylation is 1. The Labute approximate surface area is 157 Å². The number of hydrogen-bond acceptors (Lipinski definition) is 5. The molecule has 0 spiro atoms. The molecule has 1 fully saturated rings. The molecular weight excluding hydrogens is 371 g/mol. The van der Waals surface area contributed by atoms with Crippen LogP contribution >= 0.6 is 0 Å². The Morgan fingerprint density at radius 2 is 2.19 bits per heavy atom. The van der Waals surface area contributed by atoms with Gasteiger partial charge in [-0.3, -0.25) is 4.79 Å². The number of sulfonamides is 1. The molecule has 144 valence electrons. The number of hydrogen-bond donors (Lipinski definition) is 1. The number of carbonyl (C=O) groups is 1. The average molecular weight is 392 g/mol. The lowest BCUT2D eigenvalue weighted by molar-refractivity contribution is -0.132. The van der Waals surface area contributed by atoms with Crippen molar-refractivity contribution in [1.29, 1.82) is 0 Å². The van der Waals surface area contributed by atoms with Gasteiger partial charge in [-0.15, -0.1) is 0 Å². The van der Waals surface area contributed by atoms with Crippen LogP contribution in [0.15, 0.2) is 47.8 Å². The average Bonchev–Trinajstić information content (AvgIpc) is 2.67. The van der Waals surface area contributed by atoms with Gasteiger partial charge in [-0.25, -0.2) is 27.5 Å². The van der Waals surface area contributed by atoms with Gasteiger partial charge in [-0.2, -0.15) is 0 Å². The number of piperidine rings is 1. The molecule has 0 radical (unpaired) electrons. The molecule has 7 nitrogen and oxygen atoms in total. The largest absolute Gasteiger partial charge is 0.341 e. The number of carbonyl (C=O) groups excluding carboxylic acids is 1. The molecule has 0 bridgehead atoms. The molecule has 2 heterocycles. The quantitative estimate of drug-likeness (QED) is 0.805. The third kappa shape index (κ3) is 5.30. The topological polar surface area (TPSA) is 92.3 Å². The van der Waals surface area contributed by atoms with Crippen molar-refractivity contribution in [2.75, 3.05) is 13.1 Å². The summed E-state index contributed by atoms with van der Waals surface area (Å²) in [6.07, 6.45) is 5.22. The Hall–Kier alpha value is -2.39. The highest BCUT2D eigenvalue weighted by Gasteiger charge is 2.27. The minimum atomic E-state index is -3.83. The zero-order valence-electron chi connectivity index (χ0n) is 14.7. The van der Waals surface area contributed by atoms with Crippen LogP contribution in [0.3, 0.4) is 0 Å². The van der Waals surface area contributed by atoms with Crippen LogP contribution in [0.5, 0.6) is 0 Å². The molecule has 1 atom stereocenters. The monoisotopic (exact) mass is 392 g/mol. The molecule has 1 N–H and O–H groups in total. The summed E-state index contributed by atoms with van der Waals surface area (Å²) in [5, 5.41) is 0. The van der Waals surface area contributed by atoms with E-state index in [-0.39, 0.29) is 10.8 Å². The molecule has 1 saturated heterocycles. The van der Waals surface area contributed by atoms with Crippen LogP contribution in [0.25, 0.3) is 0 Å². The van der Waals surface area contributed by atoms with Crippen molar-refractivity contribution in [1.82, 2.24) is 19.6 Å². The molecule has 2 aromatic rings. The van der Waals surface area contributed by atoms with Crippen molar-refractivity contribution in [2.45, 2.75) is 36.6 Å². The van der Waals surface area contributed by atoms with Gasteiger partial charge in [0, 0.05) is 37.4 Å². The van der Waals surface area contributed by atoms with E-state index in [1.54, 1.807) is 17.2 Å². The second kappa shape index (κ2) is 8.53. The first kappa shape index (κ1) is 19.4. The fourth-order valence-corrected chi connectivity index (χ4v) is 4.37. The second-order valence-corrected chi connectivity index (χ2v) is 8.17. The van der Waals surface area contributed by atoms with E-state index in [1.807, 2.05) is 0 Å². The first-order chi connectivity index (χ1) is 12.9. The third-order valence-electron chi connectivity index (χ3n) is 4.44. The number of nitrogens with one attached hydrogen (secondary N) is 1. The van der Waals surface area contributed by atoms with Gasteiger partial charge in [-0.05, 0) is 43.5 Å². The van der Waals surface area contributed by atoms with Gasteiger partial charge in [0.1, 0.15) is 12.1 Å². The van der Waals surface area contributed by atoms with Crippen molar-refractivity contribution in [3.05, 3.63) is 54.4 Å². The normalized spacial score (nSPS) is 17.7. The summed E-state index contributed by atoms with van der Waals surface area (Å²) in [5.74, 6) is -0.647. The molecule has 9 heteroatoms. The molecule has 1 aliphatic rings. The molecule has 0 saturated carbocycles. The predicted octanol–water partition coefficient (Wildman–Crippen LogP) is 1.52. The summed E-state index contributed by atoms with van der Waals surface area (Å²) < 4.78 is 40.8. The van der Waals surface area contributed by atoms with E-state index in [2.05, 4.69) is 14.7 Å². The highest BCUT2D eigenvalue weighted by molar-refractivity contribution is 7.89. The minimum absolute atomic E-state index is 0.0386. The zero-order valence-corrected chi connectivity index (χ0v) is 15.5. The maximum absolute atomic E-state index is 13.3. The lowest BCUT2D eigenvalue weighted by Crippen LogP contribution is -2.49. The lowest BCUT2D eigenvalue weighted by Gasteiger charge is -2.33. The molecule has 1 aromatic heterocycles. The number of halogens is 1. The standard InChI is InChI=1S/C18H21FN4O3S/c19-14-3-1-5-17(11-14)27(25,26)22-16-4-2-10-23(12-16)18(24)7-6-15-8-9-20-13-21-15/h1,3,5,8-9,11,13,16,22H,2,4,6-7,10,12H2. The number of benzene rings is 1. The van der Waals surface area contributed by atoms with E-state index >= 15 is 0 Å². The number of nitrogens with zero attached hydrogens (tertiary/aromatic N) is 3. The molecule has 1 aromatic carbocycles. The van der Waals surface area contributed by atoms with Crippen LogP contribution in [0.4, 0.5) is 4.39 Å². The highest BCUT2D eigenvalue weighted by atomic mass is 32.2. The van der Waals surface area contributed by atoms with E-state index < -0.39 is 21.9 Å². The first-order valence-corrected chi connectivity index (χ1v) is 10.2. The summed E-state index contributed by atoms with van der Waals surface area (Å²) >= 11 is 0. The van der Waals surface area contributed by atoms with Crippen LogP contribution in [0, 0.1) is 5.82 Å². The molecule has 3 rings (SSSR count). The summed E-state index contributed by atoms with van der Waals surface area (Å²) in [6.45, 7) is 0.901. The second-order valence-electron chi connectivity index (χ2n) is 6.46. The Morgan fingerprint density at radius 1 is 1.33 bits per heavy atom. The van der Waals surface area contributed by atoms with Crippen LogP contribution in [-0.4, -0.2) is 48.3 Å². The van der Waals surface area contributed by atoms with E-state index in [4.69, 9.17) is 0 Å². The summed E-state index contributed by atoms with van der Waals surface area (Å²) in [5.41, 5.74) is 0.790. The third-order valence-corrected chi connectivity index (χ3v) is 5.96. The molecule has 1 amide bonds. The number of likely N-dealkylation sites (tertiary alicyclic amines) is 1. The maximum atomic E-state index is 13.3. The van der Waals surface area contributed by atoms with Gasteiger partial charge < -0.3 is 4.90 Å². The van der Waals surface area contributed by atoms with E-state index in [9.17, 15) is 17.6 Å². The highest BCUT2D eigenvalue weighted by Crippen LogP contribution is 2.16. The molecule has 27 heavy (non-hydrogen) atoms. The number of aromatic nitrogens is 2. The first-order valence-electron chi connectivity index (χ1n) is 8.74. The molecular formula is C18H21FN4O3S. The Bertz CT molecular complexity index is 892. The maximum Gasteiger partial charge on any atom is 0.240 e. The Balaban J connectivity index is 1.58. The van der Waals surface area contributed by atoms with Crippen LogP contribution in [-0.2, 0) is 21.2 Å². The van der Waals surface area contributed by atoms with Gasteiger partial charge in [0.15, 0.2) is 0 Å². The fraction of sp³-hybridized carbons (Fsp3) is 0.389. The van der Waals surface area contributed by atoms with Crippen LogP contribution < -0.4 is 4.72 Å². The smallest absolute Gasteiger partial charge is 0.240 e. The van der Waals surface area contributed by atoms with Gasteiger partial charge in [0.05, 0.1) is 4.90 Å². The van der Waals surface area contributed by atoms with Crippen molar-refractivity contribution < 1.29 is 17.6 Å². The summed E-state index contributed by atoms with van der Waals surface area (Å²) in [7, 11) is -3.83. The number of rotatable bonds is 6.